The number of nitrogens with zero attached hydrogens (tertiary/aromatic N) is 4. The molecule has 4 aromatic rings. The van der Waals surface area contributed by atoms with Crippen LogP contribution < -0.4 is 9.64 Å². The minimum Gasteiger partial charge on any atom is -0.497 e. The number of hydrogen-bond donors (Lipinski definition) is 0. The normalized spacial score (nSPS) is 13.1. The first-order chi connectivity index (χ1) is 16.9. The molecule has 180 valence electrons. The van der Waals surface area contributed by atoms with Crippen LogP contribution >= 0.6 is 11.3 Å². The van der Waals surface area contributed by atoms with Crippen molar-refractivity contribution < 1.29 is 13.9 Å². The number of amides is 1. The summed E-state index contributed by atoms with van der Waals surface area (Å²) in [4.78, 5) is 26.8. The summed E-state index contributed by atoms with van der Waals surface area (Å²) in [5.74, 6) is 0.714. The van der Waals surface area contributed by atoms with Gasteiger partial charge in [-0.25, -0.2) is 14.4 Å². The molecule has 6 nitrogen and oxygen atoms in total. The lowest BCUT2D eigenvalue weighted by Crippen LogP contribution is -2.34. The van der Waals surface area contributed by atoms with Gasteiger partial charge in [0.1, 0.15) is 17.4 Å². The maximum absolute atomic E-state index is 14.5. The van der Waals surface area contributed by atoms with Gasteiger partial charge in [-0.1, -0.05) is 12.1 Å². The standard InChI is InChI=1S/C27H27FN4O2S/c1-17-29-20(16-35-17)15-31(2)26-19(12-18-8-11-22(34-3)13-25(18)30-26)14-32(21-9-10-21)27(33)23-6-4-5-7-24(23)28/h4-8,11-13,16,21H,9-10,14-15H2,1-3H3. The summed E-state index contributed by atoms with van der Waals surface area (Å²) in [5, 5.41) is 4.02. The number of rotatable bonds is 8. The van der Waals surface area contributed by atoms with E-state index in [0.29, 0.717) is 13.1 Å². The summed E-state index contributed by atoms with van der Waals surface area (Å²) in [7, 11) is 3.61. The molecule has 1 aliphatic carbocycles. The quantitative estimate of drug-likeness (QED) is 0.322. The molecule has 35 heavy (non-hydrogen) atoms. The summed E-state index contributed by atoms with van der Waals surface area (Å²) < 4.78 is 19.9. The number of pyridine rings is 1. The molecule has 2 aromatic carbocycles. The van der Waals surface area contributed by atoms with Crippen LogP contribution in [0.4, 0.5) is 10.2 Å². The van der Waals surface area contributed by atoms with E-state index in [2.05, 4.69) is 16.0 Å². The summed E-state index contributed by atoms with van der Waals surface area (Å²) in [6.07, 6.45) is 1.84. The van der Waals surface area contributed by atoms with Gasteiger partial charge in [0.15, 0.2) is 0 Å². The molecule has 1 saturated carbocycles. The van der Waals surface area contributed by atoms with E-state index in [1.807, 2.05) is 37.6 Å². The number of aryl methyl sites for hydroxylation is 1. The van der Waals surface area contributed by atoms with Crippen LogP contribution in [0.2, 0.25) is 0 Å². The van der Waals surface area contributed by atoms with Gasteiger partial charge in [0, 0.05) is 42.0 Å². The Hall–Kier alpha value is -3.52. The summed E-state index contributed by atoms with van der Waals surface area (Å²) in [6.45, 7) is 2.93. The molecule has 1 amide bonds. The van der Waals surface area contributed by atoms with Crippen LogP contribution in [0.3, 0.4) is 0 Å². The molecule has 0 spiro atoms. The number of fused-ring (bicyclic) bond motifs is 1. The molecular weight excluding hydrogens is 463 g/mol. The molecule has 0 bridgehead atoms. The highest BCUT2D eigenvalue weighted by Gasteiger charge is 2.34. The fourth-order valence-corrected chi connectivity index (χ4v) is 4.88. The molecule has 8 heteroatoms. The molecule has 0 aliphatic heterocycles. The van der Waals surface area contributed by atoms with Crippen LogP contribution in [0.15, 0.2) is 53.9 Å². The fraction of sp³-hybridized carbons (Fsp3) is 0.296. The highest BCUT2D eigenvalue weighted by atomic mass is 32.1. The lowest BCUT2D eigenvalue weighted by molar-refractivity contribution is 0.0725. The number of aromatic nitrogens is 2. The molecule has 5 rings (SSSR count). The Kier molecular flexibility index (Phi) is 6.38. The lowest BCUT2D eigenvalue weighted by atomic mass is 10.1. The second kappa shape index (κ2) is 9.62. The van der Waals surface area contributed by atoms with Crippen molar-refractivity contribution in [3.8, 4) is 5.75 Å². The first-order valence-corrected chi connectivity index (χ1v) is 12.5. The van der Waals surface area contributed by atoms with E-state index in [-0.39, 0.29) is 17.5 Å². The van der Waals surface area contributed by atoms with Gasteiger partial charge in [-0.15, -0.1) is 11.3 Å². The largest absolute Gasteiger partial charge is 0.497 e. The van der Waals surface area contributed by atoms with E-state index in [1.165, 1.54) is 6.07 Å². The number of ether oxygens (including phenoxy) is 1. The number of hydrogen-bond acceptors (Lipinski definition) is 6. The van der Waals surface area contributed by atoms with Crippen molar-refractivity contribution in [3.63, 3.8) is 0 Å². The van der Waals surface area contributed by atoms with Crippen LogP contribution in [-0.2, 0) is 13.1 Å². The Bertz CT molecular complexity index is 1380. The average molecular weight is 491 g/mol. The van der Waals surface area contributed by atoms with E-state index in [4.69, 9.17) is 9.72 Å². The lowest BCUT2D eigenvalue weighted by Gasteiger charge is -2.27. The summed E-state index contributed by atoms with van der Waals surface area (Å²) in [6, 6.07) is 14.1. The molecular formula is C27H27FN4O2S. The maximum atomic E-state index is 14.5. The van der Waals surface area contributed by atoms with Crippen molar-refractivity contribution in [2.45, 2.75) is 38.9 Å². The number of benzene rings is 2. The zero-order valence-corrected chi connectivity index (χ0v) is 20.8. The van der Waals surface area contributed by atoms with E-state index >= 15 is 0 Å². The van der Waals surface area contributed by atoms with E-state index < -0.39 is 5.82 Å². The number of methoxy groups -OCH3 is 1. The first kappa shape index (κ1) is 23.2. The number of thiazole rings is 1. The Morgan fingerprint density at radius 3 is 2.63 bits per heavy atom. The molecule has 0 radical (unpaired) electrons. The Morgan fingerprint density at radius 1 is 1.14 bits per heavy atom. The van der Waals surface area contributed by atoms with Gasteiger partial charge in [0.2, 0.25) is 0 Å². The third-order valence-corrected chi connectivity index (χ3v) is 7.02. The number of halogens is 1. The monoisotopic (exact) mass is 490 g/mol. The highest BCUT2D eigenvalue weighted by molar-refractivity contribution is 7.09. The number of anilines is 1. The van der Waals surface area contributed by atoms with Gasteiger partial charge < -0.3 is 14.5 Å². The molecule has 0 unspecified atom stereocenters. The van der Waals surface area contributed by atoms with E-state index in [1.54, 1.807) is 41.5 Å². The van der Waals surface area contributed by atoms with E-state index in [9.17, 15) is 9.18 Å². The van der Waals surface area contributed by atoms with Crippen LogP contribution in [0.25, 0.3) is 10.9 Å². The van der Waals surface area contributed by atoms with E-state index in [0.717, 1.165) is 51.6 Å². The van der Waals surface area contributed by atoms with Crippen molar-refractivity contribution >= 4 is 34.0 Å². The van der Waals surface area contributed by atoms with Gasteiger partial charge in [-0.05, 0) is 50.1 Å². The average Bonchev–Trinajstić information content (AvgIpc) is 3.62. The molecule has 2 aromatic heterocycles. The van der Waals surface area contributed by atoms with Crippen LogP contribution in [0, 0.1) is 12.7 Å². The van der Waals surface area contributed by atoms with Crippen molar-refractivity contribution in [1.82, 2.24) is 14.9 Å². The zero-order chi connectivity index (χ0) is 24.5. The van der Waals surface area contributed by atoms with Gasteiger partial charge in [0.25, 0.3) is 5.91 Å². The van der Waals surface area contributed by atoms with Crippen molar-refractivity contribution in [2.24, 2.45) is 0 Å². The van der Waals surface area contributed by atoms with Crippen LogP contribution in [-0.4, -0.2) is 41.0 Å². The minimum atomic E-state index is -0.497. The first-order valence-electron chi connectivity index (χ1n) is 11.6. The van der Waals surface area contributed by atoms with Gasteiger partial charge in [-0.2, -0.15) is 0 Å². The third kappa shape index (κ3) is 4.98. The van der Waals surface area contributed by atoms with Gasteiger partial charge in [0.05, 0.1) is 35.4 Å². The molecule has 1 fully saturated rings. The van der Waals surface area contributed by atoms with Crippen LogP contribution in [0.1, 0.15) is 39.5 Å². The Balaban J connectivity index is 1.54. The van der Waals surface area contributed by atoms with Gasteiger partial charge in [-0.3, -0.25) is 4.79 Å². The Labute approximate surface area is 208 Å². The number of carbonyl (C=O) groups is 1. The summed E-state index contributed by atoms with van der Waals surface area (Å²) >= 11 is 1.62. The smallest absolute Gasteiger partial charge is 0.257 e. The SMILES string of the molecule is COc1ccc2cc(CN(C(=O)c3ccccc3F)C3CC3)c(N(C)Cc3csc(C)n3)nc2c1. The maximum Gasteiger partial charge on any atom is 0.257 e. The van der Waals surface area contributed by atoms with Gasteiger partial charge >= 0.3 is 0 Å². The van der Waals surface area contributed by atoms with Crippen molar-refractivity contribution in [3.05, 3.63) is 81.6 Å². The molecule has 0 atom stereocenters. The summed E-state index contributed by atoms with van der Waals surface area (Å²) in [5.41, 5.74) is 2.79. The van der Waals surface area contributed by atoms with Crippen LogP contribution in [0.5, 0.6) is 5.75 Å². The third-order valence-electron chi connectivity index (χ3n) is 6.20. The highest BCUT2D eigenvalue weighted by Crippen LogP contribution is 2.34. The fourth-order valence-electron chi connectivity index (χ4n) is 4.28. The predicted octanol–water partition coefficient (Wildman–Crippen LogP) is 5.59. The van der Waals surface area contributed by atoms with Crippen molar-refractivity contribution in [2.75, 3.05) is 19.1 Å². The molecule has 0 saturated heterocycles. The second-order valence-electron chi connectivity index (χ2n) is 8.89. The second-order valence-corrected chi connectivity index (χ2v) is 9.95. The number of carbonyl (C=O) groups excluding carboxylic acids is 1. The Morgan fingerprint density at radius 2 is 1.94 bits per heavy atom. The molecule has 2 heterocycles. The topological polar surface area (TPSA) is 58.6 Å². The molecule has 0 N–H and O–H groups in total. The molecule has 1 aliphatic rings. The predicted molar refractivity (Wildman–Crippen MR) is 137 cm³/mol. The minimum absolute atomic E-state index is 0.103. The van der Waals surface area contributed by atoms with Crippen molar-refractivity contribution in [1.29, 1.82) is 0 Å². The zero-order valence-electron chi connectivity index (χ0n) is 20.0.